The van der Waals surface area contributed by atoms with Crippen LogP contribution in [-0.4, -0.2) is 17.9 Å². The molecule has 3 aromatic carbocycles. The molecule has 0 spiro atoms. The number of carbonyl (C=O) groups excluding carboxylic acids is 2. The van der Waals surface area contributed by atoms with Crippen LogP contribution in [-0.2, 0) is 23.6 Å². The monoisotopic (exact) mass is 492 g/mol. The predicted molar refractivity (Wildman–Crippen MR) is 117 cm³/mol. The molecule has 1 aliphatic rings. The Bertz CT molecular complexity index is 1220. The minimum Gasteiger partial charge on any atom is -0.324 e. The van der Waals surface area contributed by atoms with Crippen molar-refractivity contribution in [2.24, 2.45) is 0 Å². The van der Waals surface area contributed by atoms with Crippen LogP contribution in [0.1, 0.15) is 33.5 Å². The summed E-state index contributed by atoms with van der Waals surface area (Å²) >= 11 is 0. The zero-order valence-electron chi connectivity index (χ0n) is 18.0. The highest BCUT2D eigenvalue weighted by Crippen LogP contribution is 2.38. The largest absolute Gasteiger partial charge is 0.416 e. The van der Waals surface area contributed by atoms with E-state index in [1.54, 1.807) is 54.6 Å². The zero-order chi connectivity index (χ0) is 25.4. The van der Waals surface area contributed by atoms with Crippen LogP contribution >= 0.6 is 0 Å². The van der Waals surface area contributed by atoms with Gasteiger partial charge in [0.2, 0.25) is 5.91 Å². The lowest BCUT2D eigenvalue weighted by Crippen LogP contribution is -2.50. The number of nitrogens with zero attached hydrogens (tertiary/aromatic N) is 1. The summed E-state index contributed by atoms with van der Waals surface area (Å²) in [5.41, 5.74) is -2.24. The summed E-state index contributed by atoms with van der Waals surface area (Å²) in [6.45, 7) is 0. The topological polar surface area (TPSA) is 49.4 Å². The minimum atomic E-state index is -5.06. The molecule has 1 atom stereocenters. The second-order valence-corrected chi connectivity index (χ2v) is 8.01. The Kier molecular flexibility index (Phi) is 6.31. The zero-order valence-corrected chi connectivity index (χ0v) is 18.0. The lowest BCUT2D eigenvalue weighted by Gasteiger charge is -2.36. The van der Waals surface area contributed by atoms with Gasteiger partial charge in [-0.3, -0.25) is 14.5 Å². The number of para-hydroxylation sites is 1. The van der Waals surface area contributed by atoms with Crippen molar-refractivity contribution < 1.29 is 35.9 Å². The second-order valence-electron chi connectivity index (χ2n) is 8.01. The van der Waals surface area contributed by atoms with Crippen LogP contribution in [0.5, 0.6) is 0 Å². The van der Waals surface area contributed by atoms with E-state index >= 15 is 0 Å². The average Bonchev–Trinajstić information content (AvgIpc) is 2.82. The maximum atomic E-state index is 13.3. The highest BCUT2D eigenvalue weighted by Gasteiger charge is 2.39. The molecular weight excluding hydrogens is 474 g/mol. The molecule has 0 aliphatic carbocycles. The maximum Gasteiger partial charge on any atom is 0.416 e. The van der Waals surface area contributed by atoms with Gasteiger partial charge in [0.1, 0.15) is 6.04 Å². The van der Waals surface area contributed by atoms with E-state index in [0.29, 0.717) is 24.2 Å². The number of aryl methyl sites for hydroxylation is 1. The quantitative estimate of drug-likeness (QED) is 0.435. The van der Waals surface area contributed by atoms with Crippen molar-refractivity contribution in [1.29, 1.82) is 0 Å². The molecule has 0 radical (unpaired) electrons. The first-order chi connectivity index (χ1) is 16.4. The summed E-state index contributed by atoms with van der Waals surface area (Å²) in [5.74, 6) is -1.41. The molecule has 4 rings (SSSR count). The number of hydrogen-bond acceptors (Lipinski definition) is 2. The van der Waals surface area contributed by atoms with Gasteiger partial charge in [0.25, 0.3) is 5.91 Å². The second kappa shape index (κ2) is 9.09. The van der Waals surface area contributed by atoms with Crippen LogP contribution in [0.25, 0.3) is 0 Å². The van der Waals surface area contributed by atoms with Gasteiger partial charge in [-0.1, -0.05) is 36.4 Å². The molecule has 1 heterocycles. The molecule has 0 saturated carbocycles. The number of benzene rings is 3. The molecular formula is C25H18F6N2O2. The van der Waals surface area contributed by atoms with E-state index in [4.69, 9.17) is 0 Å². The molecule has 1 N–H and O–H groups in total. The Morgan fingerprint density at radius 2 is 1.37 bits per heavy atom. The van der Waals surface area contributed by atoms with E-state index in [2.05, 4.69) is 5.32 Å². The van der Waals surface area contributed by atoms with Crippen molar-refractivity contribution in [1.82, 2.24) is 0 Å². The van der Waals surface area contributed by atoms with Crippen molar-refractivity contribution in [2.75, 3.05) is 10.2 Å². The third-order valence-corrected chi connectivity index (χ3v) is 5.65. The van der Waals surface area contributed by atoms with Gasteiger partial charge in [0, 0.05) is 16.9 Å². The van der Waals surface area contributed by atoms with Crippen molar-refractivity contribution in [3.63, 3.8) is 0 Å². The third-order valence-electron chi connectivity index (χ3n) is 5.65. The number of amides is 2. The summed E-state index contributed by atoms with van der Waals surface area (Å²) < 4.78 is 79.3. The van der Waals surface area contributed by atoms with Gasteiger partial charge in [-0.15, -0.1) is 0 Å². The fraction of sp³-hybridized carbons (Fsp3) is 0.200. The lowest BCUT2D eigenvalue weighted by atomic mass is 9.94. The molecule has 0 fully saturated rings. The van der Waals surface area contributed by atoms with Crippen LogP contribution in [0, 0.1) is 0 Å². The van der Waals surface area contributed by atoms with Crippen molar-refractivity contribution in [2.45, 2.75) is 31.2 Å². The Balaban J connectivity index is 1.71. The first-order valence-corrected chi connectivity index (χ1v) is 10.5. The van der Waals surface area contributed by atoms with Gasteiger partial charge in [0.05, 0.1) is 11.1 Å². The van der Waals surface area contributed by atoms with Crippen LogP contribution < -0.4 is 10.2 Å². The minimum absolute atomic E-state index is 0.0161. The van der Waals surface area contributed by atoms with E-state index in [0.717, 1.165) is 5.56 Å². The summed E-state index contributed by atoms with van der Waals surface area (Å²) in [4.78, 5) is 27.8. The summed E-state index contributed by atoms with van der Waals surface area (Å²) in [5, 5.41) is 2.17. The number of halogens is 6. The van der Waals surface area contributed by atoms with Gasteiger partial charge in [-0.05, 0) is 54.8 Å². The standard InChI is InChI=1S/C25H18F6N2O2/c26-24(27,28)17-12-18(25(29,30)31)14-19(13-17)32-22(34)21-11-10-15-6-4-5-9-20(15)33(21)23(35)16-7-2-1-3-8-16/h1-9,12-14,21H,10-11H2,(H,32,34). The number of hydrogen-bond donors (Lipinski definition) is 1. The Morgan fingerprint density at radius 1 is 0.800 bits per heavy atom. The maximum absolute atomic E-state index is 13.3. The molecule has 182 valence electrons. The van der Waals surface area contributed by atoms with Crippen molar-refractivity contribution in [3.05, 3.63) is 95.1 Å². The molecule has 0 bridgehead atoms. The summed E-state index contributed by atoms with van der Waals surface area (Å²) in [7, 11) is 0. The SMILES string of the molecule is O=C(Nc1cc(C(F)(F)F)cc(C(F)(F)F)c1)C1CCc2ccccc2N1C(=O)c1ccccc1. The number of anilines is 2. The highest BCUT2D eigenvalue weighted by molar-refractivity contribution is 6.12. The highest BCUT2D eigenvalue weighted by atomic mass is 19.4. The van der Waals surface area contributed by atoms with Gasteiger partial charge < -0.3 is 5.32 Å². The summed E-state index contributed by atoms with van der Waals surface area (Å²) in [6, 6.07) is 14.7. The van der Waals surface area contributed by atoms with E-state index < -0.39 is 47.0 Å². The lowest BCUT2D eigenvalue weighted by molar-refractivity contribution is -0.143. The fourth-order valence-electron chi connectivity index (χ4n) is 4.02. The van der Waals surface area contributed by atoms with Crippen molar-refractivity contribution >= 4 is 23.2 Å². The number of fused-ring (bicyclic) bond motifs is 1. The molecule has 1 aliphatic heterocycles. The van der Waals surface area contributed by atoms with Gasteiger partial charge >= 0.3 is 12.4 Å². The van der Waals surface area contributed by atoms with Gasteiger partial charge in [-0.25, -0.2) is 0 Å². The molecule has 3 aromatic rings. The number of rotatable bonds is 3. The Labute approximate surface area is 196 Å². The van der Waals surface area contributed by atoms with E-state index in [1.807, 2.05) is 0 Å². The third kappa shape index (κ3) is 5.16. The average molecular weight is 492 g/mol. The smallest absolute Gasteiger partial charge is 0.324 e. The fourth-order valence-corrected chi connectivity index (χ4v) is 4.02. The van der Waals surface area contributed by atoms with Crippen LogP contribution in [0.3, 0.4) is 0 Å². The van der Waals surface area contributed by atoms with Crippen LogP contribution in [0.4, 0.5) is 37.7 Å². The molecule has 10 heteroatoms. The number of alkyl halides is 6. The molecule has 2 amide bonds. The molecule has 4 nitrogen and oxygen atoms in total. The molecule has 0 saturated heterocycles. The van der Waals surface area contributed by atoms with E-state index in [-0.39, 0.29) is 18.1 Å². The first-order valence-electron chi connectivity index (χ1n) is 10.5. The number of carbonyl (C=O) groups is 2. The predicted octanol–water partition coefficient (Wildman–Crippen LogP) is 6.32. The first kappa shape index (κ1) is 24.3. The van der Waals surface area contributed by atoms with Crippen LogP contribution in [0.2, 0.25) is 0 Å². The van der Waals surface area contributed by atoms with E-state index in [1.165, 1.54) is 4.90 Å². The van der Waals surface area contributed by atoms with Crippen molar-refractivity contribution in [3.8, 4) is 0 Å². The van der Waals surface area contributed by atoms with Gasteiger partial charge in [0.15, 0.2) is 0 Å². The Morgan fingerprint density at radius 3 is 1.97 bits per heavy atom. The van der Waals surface area contributed by atoms with Gasteiger partial charge in [-0.2, -0.15) is 26.3 Å². The molecule has 1 unspecified atom stereocenters. The number of nitrogens with one attached hydrogen (secondary N) is 1. The summed E-state index contributed by atoms with van der Waals surface area (Å²) in [6.07, 6.45) is -9.59. The Hall–Kier alpha value is -3.82. The van der Waals surface area contributed by atoms with E-state index in [9.17, 15) is 35.9 Å². The molecule has 35 heavy (non-hydrogen) atoms. The molecule has 0 aromatic heterocycles. The van der Waals surface area contributed by atoms with Crippen LogP contribution in [0.15, 0.2) is 72.8 Å². The normalized spacial score (nSPS) is 15.9.